The molecule has 110 valence electrons. The predicted molar refractivity (Wildman–Crippen MR) is 87.3 cm³/mol. The van der Waals surface area contributed by atoms with Crippen molar-refractivity contribution >= 4 is 27.5 Å². The van der Waals surface area contributed by atoms with Gasteiger partial charge in [-0.25, -0.2) is 0 Å². The lowest BCUT2D eigenvalue weighted by molar-refractivity contribution is -0.122. The van der Waals surface area contributed by atoms with Crippen LogP contribution in [-0.2, 0) is 10.3 Å². The van der Waals surface area contributed by atoms with Crippen molar-refractivity contribution in [2.45, 2.75) is 12.5 Å². The van der Waals surface area contributed by atoms with E-state index in [9.17, 15) is 4.79 Å². The number of ether oxygens (including phenoxy) is 1. The fourth-order valence-corrected chi connectivity index (χ4v) is 2.43. The Bertz CT molecular complexity index is 660. The van der Waals surface area contributed by atoms with Gasteiger partial charge in [-0.05, 0) is 52.7 Å². The van der Waals surface area contributed by atoms with E-state index >= 15 is 0 Å². The molecule has 0 saturated carbocycles. The molecule has 21 heavy (non-hydrogen) atoms. The van der Waals surface area contributed by atoms with Crippen LogP contribution in [-0.4, -0.2) is 13.0 Å². The number of halogens is 1. The number of hydrogen-bond donors (Lipinski definition) is 2. The molecule has 4 nitrogen and oxygen atoms in total. The van der Waals surface area contributed by atoms with Gasteiger partial charge < -0.3 is 15.8 Å². The lowest BCUT2D eigenvalue weighted by Crippen LogP contribution is -2.45. The number of anilines is 1. The van der Waals surface area contributed by atoms with E-state index in [1.807, 2.05) is 42.5 Å². The van der Waals surface area contributed by atoms with Crippen LogP contribution in [0.5, 0.6) is 5.75 Å². The minimum atomic E-state index is -1.04. The monoisotopic (exact) mass is 348 g/mol. The maximum atomic E-state index is 12.0. The second-order valence-corrected chi connectivity index (χ2v) is 5.68. The third-order valence-corrected chi connectivity index (χ3v) is 4.09. The van der Waals surface area contributed by atoms with Crippen LogP contribution in [0.15, 0.2) is 53.0 Å². The third-order valence-electron chi connectivity index (χ3n) is 3.40. The van der Waals surface area contributed by atoms with Crippen molar-refractivity contribution in [2.75, 3.05) is 12.4 Å². The van der Waals surface area contributed by atoms with Gasteiger partial charge >= 0.3 is 0 Å². The summed E-state index contributed by atoms with van der Waals surface area (Å²) in [4.78, 5) is 12.0. The highest BCUT2D eigenvalue weighted by atomic mass is 79.9. The van der Waals surface area contributed by atoms with E-state index < -0.39 is 11.4 Å². The van der Waals surface area contributed by atoms with Crippen molar-refractivity contribution in [3.05, 3.63) is 58.6 Å². The normalized spacial score (nSPS) is 13.3. The highest BCUT2D eigenvalue weighted by Gasteiger charge is 2.34. The van der Waals surface area contributed by atoms with E-state index in [1.165, 1.54) is 0 Å². The third kappa shape index (κ3) is 3.19. The van der Waals surface area contributed by atoms with Crippen LogP contribution in [0, 0.1) is 0 Å². The van der Waals surface area contributed by atoms with E-state index in [2.05, 4.69) is 21.2 Å². The molecule has 3 N–H and O–H groups in total. The molecule has 0 fully saturated rings. The smallest absolute Gasteiger partial charge is 0.247 e. The molecule has 2 rings (SSSR count). The van der Waals surface area contributed by atoms with Gasteiger partial charge in [0.15, 0.2) is 0 Å². The first-order valence-corrected chi connectivity index (χ1v) is 7.24. The Morgan fingerprint density at radius 2 is 1.95 bits per heavy atom. The van der Waals surface area contributed by atoms with Gasteiger partial charge in [0.1, 0.15) is 11.3 Å². The van der Waals surface area contributed by atoms with Crippen LogP contribution in [0.2, 0.25) is 0 Å². The van der Waals surface area contributed by atoms with Crippen molar-refractivity contribution < 1.29 is 9.53 Å². The molecule has 0 aliphatic rings. The van der Waals surface area contributed by atoms with Gasteiger partial charge in [-0.3, -0.25) is 4.79 Å². The van der Waals surface area contributed by atoms with Crippen LogP contribution >= 0.6 is 15.9 Å². The van der Waals surface area contributed by atoms with Gasteiger partial charge in [-0.2, -0.15) is 0 Å². The van der Waals surface area contributed by atoms with Crippen molar-refractivity contribution in [1.29, 1.82) is 0 Å². The maximum absolute atomic E-state index is 12.0. The van der Waals surface area contributed by atoms with E-state index in [1.54, 1.807) is 20.1 Å². The highest BCUT2D eigenvalue weighted by Crippen LogP contribution is 2.31. The molecule has 2 aromatic rings. The SMILES string of the molecule is COc1cccc(C(C)(Nc2ccccc2Br)C(N)=O)c1. The van der Waals surface area contributed by atoms with E-state index in [-0.39, 0.29) is 0 Å². The first-order chi connectivity index (χ1) is 9.97. The molecule has 0 aliphatic carbocycles. The molecule has 1 atom stereocenters. The number of rotatable bonds is 5. The lowest BCUT2D eigenvalue weighted by Gasteiger charge is -2.30. The van der Waals surface area contributed by atoms with Crippen molar-refractivity contribution in [3.8, 4) is 5.75 Å². The van der Waals surface area contributed by atoms with Crippen LogP contribution in [0.1, 0.15) is 12.5 Å². The second kappa shape index (κ2) is 6.18. The van der Waals surface area contributed by atoms with Crippen LogP contribution in [0.3, 0.4) is 0 Å². The fourth-order valence-electron chi connectivity index (χ4n) is 2.04. The Kier molecular flexibility index (Phi) is 4.53. The minimum Gasteiger partial charge on any atom is -0.497 e. The van der Waals surface area contributed by atoms with Crippen LogP contribution in [0.4, 0.5) is 5.69 Å². The molecule has 0 spiro atoms. The Labute approximate surface area is 132 Å². The standard InChI is InChI=1S/C16H17BrN2O2/c1-16(15(18)20,11-6-5-7-12(10-11)21-2)19-14-9-4-3-8-13(14)17/h3-10,19H,1-2H3,(H2,18,20). The number of nitrogens with one attached hydrogen (secondary N) is 1. The molecule has 0 heterocycles. The molecule has 2 aromatic carbocycles. The van der Waals surface area contributed by atoms with Gasteiger partial charge in [0.05, 0.1) is 7.11 Å². The molecule has 0 radical (unpaired) electrons. The van der Waals surface area contributed by atoms with Gasteiger partial charge in [-0.15, -0.1) is 0 Å². The Morgan fingerprint density at radius 3 is 2.57 bits per heavy atom. The van der Waals surface area contributed by atoms with Gasteiger partial charge in [0, 0.05) is 10.2 Å². The number of amides is 1. The molecule has 0 aliphatic heterocycles. The average molecular weight is 349 g/mol. The van der Waals surface area contributed by atoms with Gasteiger partial charge in [0.2, 0.25) is 5.91 Å². The number of carbonyl (C=O) groups excluding carboxylic acids is 1. The summed E-state index contributed by atoms with van der Waals surface area (Å²) in [6.07, 6.45) is 0. The summed E-state index contributed by atoms with van der Waals surface area (Å²) in [5.74, 6) is 0.209. The lowest BCUT2D eigenvalue weighted by atomic mass is 9.90. The summed E-state index contributed by atoms with van der Waals surface area (Å²) in [5.41, 5.74) is 6.13. The topological polar surface area (TPSA) is 64.3 Å². The number of methoxy groups -OCH3 is 1. The first kappa shape index (κ1) is 15.4. The van der Waals surface area contributed by atoms with Crippen molar-refractivity contribution in [1.82, 2.24) is 0 Å². The van der Waals surface area contributed by atoms with Crippen molar-refractivity contribution in [3.63, 3.8) is 0 Å². The molecule has 0 bridgehead atoms. The summed E-state index contributed by atoms with van der Waals surface area (Å²) in [6.45, 7) is 1.75. The molecule has 1 amide bonds. The number of primary amides is 1. The number of hydrogen-bond acceptors (Lipinski definition) is 3. The zero-order valence-electron chi connectivity index (χ0n) is 11.9. The Hall–Kier alpha value is -2.01. The molecule has 1 unspecified atom stereocenters. The molecular weight excluding hydrogens is 332 g/mol. The van der Waals surface area contributed by atoms with Crippen LogP contribution in [0.25, 0.3) is 0 Å². The maximum Gasteiger partial charge on any atom is 0.247 e. The Balaban J connectivity index is 2.45. The summed E-state index contributed by atoms with van der Waals surface area (Å²) >= 11 is 3.46. The number of nitrogens with two attached hydrogens (primary N) is 1. The molecule has 0 aromatic heterocycles. The molecule has 0 saturated heterocycles. The first-order valence-electron chi connectivity index (χ1n) is 6.44. The molecule has 5 heteroatoms. The molecular formula is C16H17BrN2O2. The van der Waals surface area contributed by atoms with Gasteiger partial charge in [-0.1, -0.05) is 24.3 Å². The number of para-hydroxylation sites is 1. The average Bonchev–Trinajstić information content (AvgIpc) is 2.49. The summed E-state index contributed by atoms with van der Waals surface area (Å²) < 4.78 is 6.08. The number of benzene rings is 2. The van der Waals surface area contributed by atoms with E-state index in [0.29, 0.717) is 5.75 Å². The van der Waals surface area contributed by atoms with Crippen molar-refractivity contribution in [2.24, 2.45) is 5.73 Å². The van der Waals surface area contributed by atoms with E-state index in [0.717, 1.165) is 15.7 Å². The van der Waals surface area contributed by atoms with Gasteiger partial charge in [0.25, 0.3) is 0 Å². The van der Waals surface area contributed by atoms with Crippen LogP contribution < -0.4 is 15.8 Å². The largest absolute Gasteiger partial charge is 0.497 e. The quantitative estimate of drug-likeness (QED) is 0.871. The van der Waals surface area contributed by atoms with E-state index in [4.69, 9.17) is 10.5 Å². The summed E-state index contributed by atoms with van der Waals surface area (Å²) in [7, 11) is 1.59. The zero-order valence-corrected chi connectivity index (χ0v) is 13.5. The predicted octanol–water partition coefficient (Wildman–Crippen LogP) is 3.27. The second-order valence-electron chi connectivity index (χ2n) is 4.83. The zero-order chi connectivity index (χ0) is 15.5. The highest BCUT2D eigenvalue weighted by molar-refractivity contribution is 9.10. The fraction of sp³-hybridized carbons (Fsp3) is 0.188. The minimum absolute atomic E-state index is 0.466. The number of carbonyl (C=O) groups is 1. The summed E-state index contributed by atoms with van der Waals surface area (Å²) in [6, 6.07) is 14.9. The Morgan fingerprint density at radius 1 is 1.24 bits per heavy atom. The summed E-state index contributed by atoms with van der Waals surface area (Å²) in [5, 5.41) is 3.21.